The van der Waals surface area contributed by atoms with Gasteiger partial charge in [0, 0.05) is 44.6 Å². The molecule has 1 fully saturated rings. The molecule has 1 aromatic rings. The predicted molar refractivity (Wildman–Crippen MR) is 67.6 cm³/mol. The average Bonchev–Trinajstić information content (AvgIpc) is 2.56. The van der Waals surface area contributed by atoms with Crippen molar-refractivity contribution in [2.75, 3.05) is 19.7 Å². The van der Waals surface area contributed by atoms with Crippen LogP contribution in [-0.4, -0.2) is 41.2 Å². The molecule has 1 saturated heterocycles. The minimum absolute atomic E-state index is 0.0444. The van der Waals surface area contributed by atoms with Gasteiger partial charge < -0.3 is 14.2 Å². The molecule has 1 aromatic heterocycles. The van der Waals surface area contributed by atoms with Crippen LogP contribution in [-0.2, 0) is 11.8 Å². The molecule has 0 aromatic carbocycles. The van der Waals surface area contributed by atoms with Gasteiger partial charge in [-0.2, -0.15) is 0 Å². The molecule has 0 radical (unpaired) electrons. The van der Waals surface area contributed by atoms with Crippen molar-refractivity contribution in [3.8, 4) is 0 Å². The highest BCUT2D eigenvalue weighted by molar-refractivity contribution is 5.94. The number of amides is 1. The van der Waals surface area contributed by atoms with Crippen molar-refractivity contribution in [2.45, 2.75) is 19.4 Å². The highest BCUT2D eigenvalue weighted by Crippen LogP contribution is 2.09. The first-order valence-electron chi connectivity index (χ1n) is 6.15. The van der Waals surface area contributed by atoms with Crippen LogP contribution in [0, 0.1) is 0 Å². The minimum Gasteiger partial charge on any atom is -0.377 e. The number of ether oxygens (including phenoxy) is 1. The van der Waals surface area contributed by atoms with Crippen LogP contribution in [0.15, 0.2) is 23.1 Å². The Hall–Kier alpha value is -1.62. The normalized spacial score (nSPS) is 20.6. The van der Waals surface area contributed by atoms with Crippen molar-refractivity contribution in [1.29, 1.82) is 0 Å². The Kier molecular flexibility index (Phi) is 3.81. The average molecular weight is 250 g/mol. The maximum Gasteiger partial charge on any atom is 0.254 e. The van der Waals surface area contributed by atoms with Crippen molar-refractivity contribution in [3.05, 3.63) is 34.2 Å². The molecule has 5 nitrogen and oxygen atoms in total. The fourth-order valence-electron chi connectivity index (χ4n) is 2.04. The summed E-state index contributed by atoms with van der Waals surface area (Å²) < 4.78 is 6.95. The zero-order valence-corrected chi connectivity index (χ0v) is 10.8. The second kappa shape index (κ2) is 5.35. The number of nitrogens with zero attached hydrogens (tertiary/aromatic N) is 2. The van der Waals surface area contributed by atoms with Gasteiger partial charge in [0.05, 0.1) is 6.10 Å². The standard InChI is InChI=1S/C13H18N2O3/c1-10-9-15(5-3-7-18-10)13(17)11-4-6-14(2)12(16)8-11/h4,6,8,10H,3,5,7,9H2,1-2H3. The molecule has 0 aliphatic carbocycles. The topological polar surface area (TPSA) is 51.5 Å². The summed E-state index contributed by atoms with van der Waals surface area (Å²) in [5, 5.41) is 0. The van der Waals surface area contributed by atoms with Crippen LogP contribution in [0.2, 0.25) is 0 Å². The summed E-state index contributed by atoms with van der Waals surface area (Å²) in [4.78, 5) is 25.6. The summed E-state index contributed by atoms with van der Waals surface area (Å²) in [7, 11) is 1.67. The third kappa shape index (κ3) is 2.79. The highest BCUT2D eigenvalue weighted by Gasteiger charge is 2.21. The SMILES string of the molecule is CC1CN(C(=O)c2ccn(C)c(=O)c2)CCCO1. The molecule has 0 N–H and O–H groups in total. The Balaban J connectivity index is 2.19. The molecule has 0 bridgehead atoms. The molecule has 1 unspecified atom stereocenters. The lowest BCUT2D eigenvalue weighted by Crippen LogP contribution is -2.36. The Morgan fingerprint density at radius 3 is 3.00 bits per heavy atom. The van der Waals surface area contributed by atoms with Crippen molar-refractivity contribution in [2.24, 2.45) is 7.05 Å². The third-order valence-corrected chi connectivity index (χ3v) is 3.09. The van der Waals surface area contributed by atoms with Crippen LogP contribution in [0.5, 0.6) is 0 Å². The van der Waals surface area contributed by atoms with E-state index in [1.165, 1.54) is 10.6 Å². The fourth-order valence-corrected chi connectivity index (χ4v) is 2.04. The lowest BCUT2D eigenvalue weighted by molar-refractivity contribution is 0.0562. The van der Waals surface area contributed by atoms with E-state index in [4.69, 9.17) is 4.74 Å². The zero-order valence-electron chi connectivity index (χ0n) is 10.8. The van der Waals surface area contributed by atoms with Crippen molar-refractivity contribution in [3.63, 3.8) is 0 Å². The van der Waals surface area contributed by atoms with Crippen molar-refractivity contribution >= 4 is 5.91 Å². The molecule has 1 atom stereocenters. The second-order valence-corrected chi connectivity index (χ2v) is 4.65. The van der Waals surface area contributed by atoms with Gasteiger partial charge in [0.15, 0.2) is 0 Å². The van der Waals surface area contributed by atoms with Crippen LogP contribution in [0.3, 0.4) is 0 Å². The molecule has 2 rings (SSSR count). The largest absolute Gasteiger partial charge is 0.377 e. The van der Waals surface area contributed by atoms with Gasteiger partial charge in [0.25, 0.3) is 11.5 Å². The predicted octanol–water partition coefficient (Wildman–Crippen LogP) is 0.636. The highest BCUT2D eigenvalue weighted by atomic mass is 16.5. The summed E-state index contributed by atoms with van der Waals surface area (Å²) >= 11 is 0. The van der Waals surface area contributed by atoms with Gasteiger partial charge in [-0.1, -0.05) is 0 Å². The number of hydrogen-bond donors (Lipinski definition) is 0. The molecule has 98 valence electrons. The molecule has 18 heavy (non-hydrogen) atoms. The first-order valence-corrected chi connectivity index (χ1v) is 6.15. The summed E-state index contributed by atoms with van der Waals surface area (Å²) in [6.07, 6.45) is 2.50. The van der Waals surface area contributed by atoms with E-state index in [0.717, 1.165) is 6.42 Å². The number of rotatable bonds is 1. The zero-order chi connectivity index (χ0) is 13.1. The minimum atomic E-state index is -0.167. The van der Waals surface area contributed by atoms with E-state index < -0.39 is 0 Å². The van der Waals surface area contributed by atoms with Crippen LogP contribution in [0.1, 0.15) is 23.7 Å². The van der Waals surface area contributed by atoms with E-state index in [0.29, 0.717) is 25.3 Å². The third-order valence-electron chi connectivity index (χ3n) is 3.09. The first kappa shape index (κ1) is 12.8. The van der Waals surface area contributed by atoms with Gasteiger partial charge in [0.2, 0.25) is 0 Å². The maximum atomic E-state index is 12.3. The van der Waals surface area contributed by atoms with Crippen molar-refractivity contribution in [1.82, 2.24) is 9.47 Å². The van der Waals surface area contributed by atoms with E-state index in [2.05, 4.69) is 0 Å². The molecular weight excluding hydrogens is 232 g/mol. The number of aryl methyl sites for hydroxylation is 1. The van der Waals surface area contributed by atoms with Crippen LogP contribution in [0.25, 0.3) is 0 Å². The monoisotopic (exact) mass is 250 g/mol. The number of carbonyl (C=O) groups is 1. The maximum absolute atomic E-state index is 12.3. The van der Waals surface area contributed by atoms with E-state index in [9.17, 15) is 9.59 Å². The summed E-state index contributed by atoms with van der Waals surface area (Å²) in [6.45, 7) is 3.89. The summed E-state index contributed by atoms with van der Waals surface area (Å²) in [6, 6.07) is 3.07. The fraction of sp³-hybridized carbons (Fsp3) is 0.538. The Bertz CT molecular complexity index is 495. The Labute approximate surface area is 106 Å². The molecule has 0 saturated carbocycles. The Morgan fingerprint density at radius 1 is 1.50 bits per heavy atom. The summed E-state index contributed by atoms with van der Waals surface area (Å²) in [5.74, 6) is -0.0925. The van der Waals surface area contributed by atoms with Crippen LogP contribution < -0.4 is 5.56 Å². The lowest BCUT2D eigenvalue weighted by Gasteiger charge is -2.22. The molecule has 1 amide bonds. The first-order chi connectivity index (χ1) is 8.58. The molecule has 1 aliphatic heterocycles. The van der Waals surface area contributed by atoms with Crippen molar-refractivity contribution < 1.29 is 9.53 Å². The number of hydrogen-bond acceptors (Lipinski definition) is 3. The van der Waals surface area contributed by atoms with Crippen LogP contribution in [0.4, 0.5) is 0 Å². The smallest absolute Gasteiger partial charge is 0.254 e. The van der Waals surface area contributed by atoms with Gasteiger partial charge in [-0.15, -0.1) is 0 Å². The molecule has 0 spiro atoms. The number of pyridine rings is 1. The number of aromatic nitrogens is 1. The van der Waals surface area contributed by atoms with Gasteiger partial charge in [-0.3, -0.25) is 9.59 Å². The van der Waals surface area contributed by atoms with Gasteiger partial charge in [0.1, 0.15) is 0 Å². The van der Waals surface area contributed by atoms with E-state index in [-0.39, 0.29) is 17.6 Å². The number of carbonyl (C=O) groups excluding carboxylic acids is 1. The van der Waals surface area contributed by atoms with Crippen LogP contribution >= 0.6 is 0 Å². The van der Waals surface area contributed by atoms with Gasteiger partial charge >= 0.3 is 0 Å². The molecule has 1 aliphatic rings. The van der Waals surface area contributed by atoms with E-state index >= 15 is 0 Å². The van der Waals surface area contributed by atoms with Gasteiger partial charge in [-0.05, 0) is 19.4 Å². The van der Waals surface area contributed by atoms with E-state index in [1.807, 2.05) is 6.92 Å². The quantitative estimate of drug-likeness (QED) is 0.735. The molecular formula is C13H18N2O3. The Morgan fingerprint density at radius 2 is 2.28 bits per heavy atom. The molecule has 2 heterocycles. The van der Waals surface area contributed by atoms with E-state index in [1.54, 1.807) is 24.2 Å². The second-order valence-electron chi connectivity index (χ2n) is 4.65. The lowest BCUT2D eigenvalue weighted by atomic mass is 10.2. The molecule has 5 heteroatoms. The van der Waals surface area contributed by atoms with Gasteiger partial charge in [-0.25, -0.2) is 0 Å². The summed E-state index contributed by atoms with van der Waals surface area (Å²) in [5.41, 5.74) is 0.284.